The third kappa shape index (κ3) is 9.84. The molecule has 0 saturated carbocycles. The van der Waals surface area contributed by atoms with Crippen LogP contribution in [-0.2, 0) is 23.7 Å². The van der Waals surface area contributed by atoms with E-state index in [9.17, 15) is 4.79 Å². The van der Waals surface area contributed by atoms with E-state index in [1.54, 1.807) is 14.0 Å². The third-order valence-electron chi connectivity index (χ3n) is 2.69. The monoisotopic (exact) mass is 277 g/mol. The highest BCUT2D eigenvalue weighted by Crippen LogP contribution is 2.12. The highest BCUT2D eigenvalue weighted by Gasteiger charge is 2.28. The van der Waals surface area contributed by atoms with Crippen LogP contribution in [0.1, 0.15) is 26.2 Å². The number of esters is 1. The van der Waals surface area contributed by atoms with E-state index in [2.05, 4.69) is 4.74 Å². The largest absolute Gasteiger partial charge is 0.468 e. The second-order valence-electron chi connectivity index (χ2n) is 4.58. The van der Waals surface area contributed by atoms with Gasteiger partial charge in [-0.05, 0) is 26.2 Å². The van der Waals surface area contributed by atoms with Gasteiger partial charge in [0.15, 0.2) is 0 Å². The highest BCUT2D eigenvalue weighted by atomic mass is 16.5. The summed E-state index contributed by atoms with van der Waals surface area (Å²) in [5.74, 6) is -0.375. The molecule has 0 spiro atoms. The van der Waals surface area contributed by atoms with Crippen molar-refractivity contribution in [1.82, 2.24) is 0 Å². The van der Waals surface area contributed by atoms with Crippen LogP contribution < -0.4 is 5.73 Å². The molecule has 0 saturated heterocycles. The summed E-state index contributed by atoms with van der Waals surface area (Å²) in [6.07, 6.45) is 2.28. The minimum atomic E-state index is -0.905. The molecule has 114 valence electrons. The number of rotatable bonds is 12. The Hall–Kier alpha value is -0.690. The maximum absolute atomic E-state index is 11.3. The number of hydrogen-bond donors (Lipinski definition) is 1. The van der Waals surface area contributed by atoms with Crippen molar-refractivity contribution >= 4 is 5.97 Å². The molecule has 6 nitrogen and oxygen atoms in total. The standard InChI is InChI=1S/C13H27NO5/c1-13(14,12(15)17-3)6-4-5-7-18-10-11-19-9-8-16-2/h4-11,14H2,1-3H3. The molecule has 0 amide bonds. The van der Waals surface area contributed by atoms with Gasteiger partial charge in [0.25, 0.3) is 0 Å². The average molecular weight is 277 g/mol. The number of methoxy groups -OCH3 is 2. The van der Waals surface area contributed by atoms with Gasteiger partial charge in [-0.3, -0.25) is 4.79 Å². The van der Waals surface area contributed by atoms with Crippen LogP contribution in [0.15, 0.2) is 0 Å². The number of unbranched alkanes of at least 4 members (excludes halogenated alkanes) is 1. The van der Waals surface area contributed by atoms with E-state index in [1.165, 1.54) is 7.11 Å². The van der Waals surface area contributed by atoms with Crippen LogP contribution >= 0.6 is 0 Å². The van der Waals surface area contributed by atoms with Gasteiger partial charge in [0.05, 0.1) is 33.5 Å². The van der Waals surface area contributed by atoms with Crippen molar-refractivity contribution in [2.24, 2.45) is 5.73 Å². The van der Waals surface area contributed by atoms with E-state index in [0.717, 1.165) is 12.8 Å². The Kier molecular flexibility index (Phi) is 10.8. The molecule has 0 aliphatic carbocycles. The first kappa shape index (κ1) is 18.3. The first-order chi connectivity index (χ1) is 9.04. The summed E-state index contributed by atoms with van der Waals surface area (Å²) in [5, 5.41) is 0. The molecule has 0 aromatic heterocycles. The van der Waals surface area contributed by atoms with Gasteiger partial charge in [0.1, 0.15) is 5.54 Å². The lowest BCUT2D eigenvalue weighted by Crippen LogP contribution is -2.45. The topological polar surface area (TPSA) is 80.0 Å². The molecule has 1 atom stereocenters. The summed E-state index contributed by atoms with van der Waals surface area (Å²) in [6, 6.07) is 0. The normalized spacial score (nSPS) is 14.1. The number of carbonyl (C=O) groups is 1. The Morgan fingerprint density at radius 3 is 2.16 bits per heavy atom. The molecule has 0 bridgehead atoms. The summed E-state index contributed by atoms with van der Waals surface area (Å²) in [6.45, 7) is 4.65. The lowest BCUT2D eigenvalue weighted by Gasteiger charge is -2.20. The van der Waals surface area contributed by atoms with Crippen LogP contribution in [0.4, 0.5) is 0 Å². The molecular formula is C13H27NO5. The van der Waals surface area contributed by atoms with Crippen molar-refractivity contribution < 1.29 is 23.7 Å². The minimum Gasteiger partial charge on any atom is -0.468 e. The molecular weight excluding hydrogens is 250 g/mol. The molecule has 2 N–H and O–H groups in total. The zero-order valence-corrected chi connectivity index (χ0v) is 12.3. The Morgan fingerprint density at radius 2 is 1.58 bits per heavy atom. The van der Waals surface area contributed by atoms with Crippen LogP contribution in [0.5, 0.6) is 0 Å². The first-order valence-corrected chi connectivity index (χ1v) is 6.56. The van der Waals surface area contributed by atoms with E-state index in [1.807, 2.05) is 0 Å². The number of hydrogen-bond acceptors (Lipinski definition) is 6. The molecule has 0 rings (SSSR count). The van der Waals surface area contributed by atoms with Crippen molar-refractivity contribution in [2.45, 2.75) is 31.7 Å². The molecule has 0 aromatic rings. The quantitative estimate of drug-likeness (QED) is 0.418. The van der Waals surface area contributed by atoms with Crippen molar-refractivity contribution in [1.29, 1.82) is 0 Å². The van der Waals surface area contributed by atoms with E-state index in [-0.39, 0.29) is 5.97 Å². The van der Waals surface area contributed by atoms with E-state index < -0.39 is 5.54 Å². The fraction of sp³-hybridized carbons (Fsp3) is 0.923. The van der Waals surface area contributed by atoms with Gasteiger partial charge in [-0.2, -0.15) is 0 Å². The van der Waals surface area contributed by atoms with E-state index in [0.29, 0.717) is 39.5 Å². The molecule has 1 unspecified atom stereocenters. The van der Waals surface area contributed by atoms with Gasteiger partial charge in [0, 0.05) is 13.7 Å². The summed E-state index contributed by atoms with van der Waals surface area (Å²) in [7, 11) is 2.99. The minimum absolute atomic E-state index is 0.375. The van der Waals surface area contributed by atoms with Crippen LogP contribution in [0.3, 0.4) is 0 Å². The Bertz CT molecular complexity index is 233. The zero-order chi connectivity index (χ0) is 14.6. The average Bonchev–Trinajstić information content (AvgIpc) is 2.39. The summed E-state index contributed by atoms with van der Waals surface area (Å²) < 4.78 is 20.1. The number of nitrogens with two attached hydrogens (primary N) is 1. The first-order valence-electron chi connectivity index (χ1n) is 6.56. The maximum atomic E-state index is 11.3. The van der Waals surface area contributed by atoms with Crippen LogP contribution in [0.25, 0.3) is 0 Å². The van der Waals surface area contributed by atoms with Crippen molar-refractivity contribution in [3.05, 3.63) is 0 Å². The lowest BCUT2D eigenvalue weighted by molar-refractivity contribution is -0.146. The van der Waals surface area contributed by atoms with Gasteiger partial charge >= 0.3 is 5.97 Å². The predicted molar refractivity (Wildman–Crippen MR) is 72.0 cm³/mol. The Labute approximate surface area is 115 Å². The zero-order valence-electron chi connectivity index (χ0n) is 12.3. The van der Waals surface area contributed by atoms with Crippen molar-refractivity contribution in [3.63, 3.8) is 0 Å². The van der Waals surface area contributed by atoms with Crippen LogP contribution in [-0.4, -0.2) is 58.8 Å². The van der Waals surface area contributed by atoms with Crippen molar-refractivity contribution in [3.8, 4) is 0 Å². The van der Waals surface area contributed by atoms with Crippen molar-refractivity contribution in [2.75, 3.05) is 47.3 Å². The SMILES string of the molecule is COCCOCCOCCCCC(C)(N)C(=O)OC. The Morgan fingerprint density at radius 1 is 1.00 bits per heavy atom. The third-order valence-corrected chi connectivity index (χ3v) is 2.69. The second-order valence-corrected chi connectivity index (χ2v) is 4.58. The van der Waals surface area contributed by atoms with Crippen LogP contribution in [0, 0.1) is 0 Å². The summed E-state index contributed by atoms with van der Waals surface area (Å²) >= 11 is 0. The molecule has 0 radical (unpaired) electrons. The van der Waals surface area contributed by atoms with Gasteiger partial charge in [-0.1, -0.05) is 0 Å². The number of carbonyl (C=O) groups excluding carboxylic acids is 1. The van der Waals surface area contributed by atoms with Gasteiger partial charge in [0.2, 0.25) is 0 Å². The van der Waals surface area contributed by atoms with Crippen LogP contribution in [0.2, 0.25) is 0 Å². The number of ether oxygens (including phenoxy) is 4. The van der Waals surface area contributed by atoms with Gasteiger partial charge in [-0.15, -0.1) is 0 Å². The Balaban J connectivity index is 3.33. The molecule has 6 heteroatoms. The fourth-order valence-electron chi connectivity index (χ4n) is 1.50. The smallest absolute Gasteiger partial charge is 0.325 e. The highest BCUT2D eigenvalue weighted by molar-refractivity contribution is 5.79. The fourth-order valence-corrected chi connectivity index (χ4v) is 1.50. The molecule has 0 aliphatic heterocycles. The molecule has 19 heavy (non-hydrogen) atoms. The van der Waals surface area contributed by atoms with E-state index >= 15 is 0 Å². The predicted octanol–water partition coefficient (Wildman–Crippen LogP) is 0.727. The molecule has 0 aromatic carbocycles. The molecule has 0 fully saturated rings. The lowest BCUT2D eigenvalue weighted by atomic mass is 9.96. The summed E-state index contributed by atoms with van der Waals surface area (Å²) in [5.41, 5.74) is 4.93. The van der Waals surface area contributed by atoms with Gasteiger partial charge in [-0.25, -0.2) is 0 Å². The van der Waals surface area contributed by atoms with Gasteiger partial charge < -0.3 is 24.7 Å². The summed E-state index contributed by atoms with van der Waals surface area (Å²) in [4.78, 5) is 11.3. The molecule has 0 aliphatic rings. The maximum Gasteiger partial charge on any atom is 0.325 e. The van der Waals surface area contributed by atoms with E-state index in [4.69, 9.17) is 19.9 Å². The molecule has 0 heterocycles. The second kappa shape index (κ2) is 11.2.